The van der Waals surface area contributed by atoms with E-state index >= 15 is 0 Å². The van der Waals surface area contributed by atoms with Crippen LogP contribution >= 0.6 is 23.2 Å². The van der Waals surface area contributed by atoms with Gasteiger partial charge in [0.05, 0.1) is 33.6 Å². The van der Waals surface area contributed by atoms with Gasteiger partial charge in [-0.05, 0) is 24.3 Å². The van der Waals surface area contributed by atoms with Crippen LogP contribution in [-0.2, 0) is 6.54 Å². The molecular formula is C15H10Cl2N4. The van der Waals surface area contributed by atoms with Crippen molar-refractivity contribution in [3.8, 4) is 17.5 Å². The van der Waals surface area contributed by atoms with Crippen LogP contribution in [0, 0.1) is 11.3 Å². The smallest absolute Gasteiger partial charge is 0.142 e. The molecule has 0 N–H and O–H groups in total. The molecular weight excluding hydrogens is 307 g/mol. The highest BCUT2D eigenvalue weighted by atomic mass is 35.5. The van der Waals surface area contributed by atoms with Crippen molar-refractivity contribution in [2.24, 2.45) is 0 Å². The molecule has 0 aliphatic carbocycles. The lowest BCUT2D eigenvalue weighted by atomic mass is 10.2. The van der Waals surface area contributed by atoms with Crippen LogP contribution in [-0.4, -0.2) is 14.5 Å². The monoisotopic (exact) mass is 316 g/mol. The van der Waals surface area contributed by atoms with Crippen LogP contribution in [0.4, 0.5) is 0 Å². The van der Waals surface area contributed by atoms with Crippen LogP contribution < -0.4 is 0 Å². The second kappa shape index (κ2) is 5.72. The molecule has 0 atom stereocenters. The molecule has 0 spiro atoms. The largest absolute Gasteiger partial charge is 0.323 e. The molecule has 0 saturated carbocycles. The molecule has 0 unspecified atom stereocenters. The summed E-state index contributed by atoms with van der Waals surface area (Å²) in [4.78, 5) is 8.73. The molecule has 0 aliphatic rings. The molecule has 2 heterocycles. The van der Waals surface area contributed by atoms with Crippen LogP contribution in [0.15, 0.2) is 36.7 Å². The van der Waals surface area contributed by atoms with E-state index in [-0.39, 0.29) is 0 Å². The average molecular weight is 317 g/mol. The van der Waals surface area contributed by atoms with Gasteiger partial charge in [-0.25, -0.2) is 4.98 Å². The minimum absolute atomic E-state index is 0.388. The number of hydrogen-bond acceptors (Lipinski definition) is 3. The van der Waals surface area contributed by atoms with Crippen molar-refractivity contribution in [2.75, 3.05) is 0 Å². The molecule has 3 rings (SSSR count). The van der Waals surface area contributed by atoms with Gasteiger partial charge in [0.1, 0.15) is 5.82 Å². The summed E-state index contributed by atoms with van der Waals surface area (Å²) in [6.45, 7) is 0.537. The van der Waals surface area contributed by atoms with E-state index in [2.05, 4.69) is 16.0 Å². The molecule has 0 saturated heterocycles. The van der Waals surface area contributed by atoms with E-state index in [9.17, 15) is 0 Å². The topological polar surface area (TPSA) is 54.5 Å². The van der Waals surface area contributed by atoms with Crippen LogP contribution in [0.3, 0.4) is 0 Å². The fraction of sp³-hybridized carbons (Fsp3) is 0.133. The normalized spacial score (nSPS) is 10.7. The number of imidazole rings is 1. The number of halogens is 2. The van der Waals surface area contributed by atoms with Crippen molar-refractivity contribution < 1.29 is 0 Å². The van der Waals surface area contributed by atoms with Crippen LogP contribution in [0.25, 0.3) is 22.4 Å². The van der Waals surface area contributed by atoms with E-state index in [1.807, 2.05) is 16.7 Å². The molecule has 104 valence electrons. The maximum Gasteiger partial charge on any atom is 0.142 e. The maximum atomic E-state index is 8.85. The van der Waals surface area contributed by atoms with E-state index in [1.165, 1.54) is 0 Å². The lowest BCUT2D eigenvalue weighted by Gasteiger charge is -2.07. The summed E-state index contributed by atoms with van der Waals surface area (Å²) in [7, 11) is 0. The molecule has 0 bridgehead atoms. The van der Waals surface area contributed by atoms with E-state index in [0.29, 0.717) is 23.0 Å². The number of aromatic nitrogens is 3. The van der Waals surface area contributed by atoms with Crippen molar-refractivity contribution in [1.82, 2.24) is 14.5 Å². The molecule has 21 heavy (non-hydrogen) atoms. The summed E-state index contributed by atoms with van der Waals surface area (Å²) in [5.74, 6) is 0.756. The fourth-order valence-electron chi connectivity index (χ4n) is 2.22. The number of pyridine rings is 1. The van der Waals surface area contributed by atoms with Crippen LogP contribution in [0.2, 0.25) is 10.0 Å². The van der Waals surface area contributed by atoms with E-state index < -0.39 is 0 Å². The highest BCUT2D eigenvalue weighted by molar-refractivity contribution is 6.42. The first kappa shape index (κ1) is 13.9. The Morgan fingerprint density at radius 2 is 2.05 bits per heavy atom. The third kappa shape index (κ3) is 2.58. The Labute approximate surface area is 131 Å². The third-order valence-electron chi connectivity index (χ3n) is 3.16. The van der Waals surface area contributed by atoms with Crippen molar-refractivity contribution in [3.63, 3.8) is 0 Å². The first-order valence-corrected chi connectivity index (χ1v) is 7.09. The second-order valence-corrected chi connectivity index (χ2v) is 5.31. The summed E-state index contributed by atoms with van der Waals surface area (Å²) in [5, 5.41) is 9.79. The van der Waals surface area contributed by atoms with Gasteiger partial charge < -0.3 is 4.57 Å². The van der Waals surface area contributed by atoms with Gasteiger partial charge in [0.25, 0.3) is 0 Å². The van der Waals surface area contributed by atoms with Gasteiger partial charge in [-0.1, -0.05) is 23.2 Å². The molecule has 0 amide bonds. The van der Waals surface area contributed by atoms with Crippen LogP contribution in [0.5, 0.6) is 0 Å². The second-order valence-electron chi connectivity index (χ2n) is 4.49. The number of rotatable bonds is 3. The minimum Gasteiger partial charge on any atom is -0.323 e. The van der Waals surface area contributed by atoms with Crippen LogP contribution in [0.1, 0.15) is 6.42 Å². The number of benzene rings is 1. The standard InChI is InChI=1S/C15H10Cl2N4/c16-11-7-13-14(8-12(11)17)21(6-2-4-18)15(20-13)10-3-1-5-19-9-10/h1,3,5,7-9H,2,6H2. The predicted molar refractivity (Wildman–Crippen MR) is 83.2 cm³/mol. The number of hydrogen-bond donors (Lipinski definition) is 0. The Balaban J connectivity index is 2.25. The summed E-state index contributed by atoms with van der Waals surface area (Å²) >= 11 is 12.2. The van der Waals surface area contributed by atoms with Gasteiger partial charge in [0.15, 0.2) is 0 Å². The van der Waals surface area contributed by atoms with Gasteiger partial charge >= 0.3 is 0 Å². The lowest BCUT2D eigenvalue weighted by molar-refractivity contribution is 0.744. The number of nitriles is 1. The Bertz CT molecular complexity index is 834. The van der Waals surface area contributed by atoms with Gasteiger partial charge in [0, 0.05) is 24.5 Å². The first-order valence-electron chi connectivity index (χ1n) is 6.33. The SMILES string of the molecule is N#CCCn1c(-c2cccnc2)nc2cc(Cl)c(Cl)cc21. The summed E-state index contributed by atoms with van der Waals surface area (Å²) in [6.07, 6.45) is 3.84. The zero-order chi connectivity index (χ0) is 14.8. The maximum absolute atomic E-state index is 8.85. The number of nitrogens with zero attached hydrogens (tertiary/aromatic N) is 4. The van der Waals surface area contributed by atoms with Crippen molar-refractivity contribution in [3.05, 3.63) is 46.7 Å². The van der Waals surface area contributed by atoms with Crippen molar-refractivity contribution >= 4 is 34.2 Å². The fourth-order valence-corrected chi connectivity index (χ4v) is 2.54. The first-order chi connectivity index (χ1) is 10.2. The summed E-state index contributed by atoms with van der Waals surface area (Å²) in [6, 6.07) is 9.45. The van der Waals surface area contributed by atoms with Crippen molar-refractivity contribution in [1.29, 1.82) is 5.26 Å². The van der Waals surface area contributed by atoms with Gasteiger partial charge in [-0.15, -0.1) is 0 Å². The zero-order valence-electron chi connectivity index (χ0n) is 10.9. The molecule has 3 aromatic rings. The molecule has 0 fully saturated rings. The predicted octanol–water partition coefficient (Wildman–Crippen LogP) is 4.32. The summed E-state index contributed by atoms with van der Waals surface area (Å²) < 4.78 is 1.97. The highest BCUT2D eigenvalue weighted by Gasteiger charge is 2.14. The Hall–Kier alpha value is -2.09. The molecule has 4 nitrogen and oxygen atoms in total. The molecule has 6 heteroatoms. The Morgan fingerprint density at radius 1 is 1.24 bits per heavy atom. The van der Waals surface area contributed by atoms with E-state index in [1.54, 1.807) is 24.5 Å². The molecule has 2 aromatic heterocycles. The Morgan fingerprint density at radius 3 is 2.76 bits per heavy atom. The highest BCUT2D eigenvalue weighted by Crippen LogP contribution is 2.31. The molecule has 1 aromatic carbocycles. The van der Waals surface area contributed by atoms with E-state index in [0.717, 1.165) is 22.4 Å². The molecule has 0 aliphatic heterocycles. The quantitative estimate of drug-likeness (QED) is 0.723. The van der Waals surface area contributed by atoms with Gasteiger partial charge in [0.2, 0.25) is 0 Å². The number of fused-ring (bicyclic) bond motifs is 1. The average Bonchev–Trinajstić information content (AvgIpc) is 2.84. The lowest BCUT2D eigenvalue weighted by Crippen LogP contribution is -2.00. The van der Waals surface area contributed by atoms with Gasteiger partial charge in [-0.3, -0.25) is 4.98 Å². The van der Waals surface area contributed by atoms with E-state index in [4.69, 9.17) is 28.5 Å². The zero-order valence-corrected chi connectivity index (χ0v) is 12.4. The molecule has 0 radical (unpaired) electrons. The summed E-state index contributed by atoms with van der Waals surface area (Å²) in [5.41, 5.74) is 2.50. The Kier molecular flexibility index (Phi) is 3.78. The van der Waals surface area contributed by atoms with Crippen molar-refractivity contribution in [2.45, 2.75) is 13.0 Å². The minimum atomic E-state index is 0.388. The number of aryl methyl sites for hydroxylation is 1. The van der Waals surface area contributed by atoms with Gasteiger partial charge in [-0.2, -0.15) is 5.26 Å². The third-order valence-corrected chi connectivity index (χ3v) is 3.88.